The minimum Gasteiger partial charge on any atom is -0.0928 e. The minimum absolute atomic E-state index is 0.856. The first-order valence-corrected chi connectivity index (χ1v) is 8.97. The van der Waals surface area contributed by atoms with Crippen molar-refractivity contribution in [1.82, 2.24) is 0 Å². The summed E-state index contributed by atoms with van der Waals surface area (Å²) in [6.07, 6.45) is 5.13. The molecule has 0 amide bonds. The number of halogens is 1. The Hall–Kier alpha value is -1.34. The highest BCUT2D eigenvalue weighted by Gasteiger charge is 2.20. The molecular weight excluding hydrogens is 320 g/mol. The smallest absolute Gasteiger partial charge is 0.00340 e. The van der Waals surface area contributed by atoms with E-state index < -0.39 is 0 Å². The lowest BCUT2D eigenvalue weighted by Gasteiger charge is -2.25. The van der Waals surface area contributed by atoms with Crippen molar-refractivity contribution in [2.45, 2.75) is 25.7 Å². The Morgan fingerprint density at radius 2 is 1.76 bits per heavy atom. The van der Waals surface area contributed by atoms with Gasteiger partial charge in [0.25, 0.3) is 0 Å². The second kappa shape index (κ2) is 5.46. The van der Waals surface area contributed by atoms with Gasteiger partial charge in [0.1, 0.15) is 0 Å². The van der Waals surface area contributed by atoms with E-state index in [1.54, 1.807) is 11.1 Å². The van der Waals surface area contributed by atoms with Crippen LogP contribution in [0, 0.1) is 5.92 Å². The third-order valence-electron chi connectivity index (χ3n) is 4.96. The molecule has 0 spiro atoms. The summed E-state index contributed by atoms with van der Waals surface area (Å²) in [7, 11) is 0. The van der Waals surface area contributed by atoms with Crippen molar-refractivity contribution in [2.24, 2.45) is 5.92 Å². The Morgan fingerprint density at radius 1 is 0.905 bits per heavy atom. The van der Waals surface area contributed by atoms with Crippen molar-refractivity contribution in [3.05, 3.63) is 59.7 Å². The van der Waals surface area contributed by atoms with Crippen molar-refractivity contribution in [2.75, 3.05) is 5.33 Å². The van der Waals surface area contributed by atoms with E-state index in [9.17, 15) is 0 Å². The zero-order valence-corrected chi connectivity index (χ0v) is 13.7. The fourth-order valence-electron chi connectivity index (χ4n) is 3.84. The van der Waals surface area contributed by atoms with Crippen LogP contribution in [0.25, 0.3) is 21.5 Å². The van der Waals surface area contributed by atoms with Gasteiger partial charge in [0.2, 0.25) is 0 Å². The summed E-state index contributed by atoms with van der Waals surface area (Å²) >= 11 is 3.59. The van der Waals surface area contributed by atoms with Crippen LogP contribution < -0.4 is 0 Å². The lowest BCUT2D eigenvalue weighted by molar-refractivity contribution is 0.451. The molecule has 1 heteroatoms. The minimum atomic E-state index is 0.856. The number of hydrogen-bond acceptors (Lipinski definition) is 0. The van der Waals surface area contributed by atoms with Crippen molar-refractivity contribution in [3.8, 4) is 0 Å². The fraction of sp³-hybridized carbons (Fsp3) is 0.300. The maximum absolute atomic E-state index is 3.59. The molecule has 0 radical (unpaired) electrons. The van der Waals surface area contributed by atoms with Crippen molar-refractivity contribution >= 4 is 37.5 Å². The van der Waals surface area contributed by atoms with Crippen LogP contribution in [0.5, 0.6) is 0 Å². The summed E-state index contributed by atoms with van der Waals surface area (Å²) in [5, 5.41) is 6.76. The third kappa shape index (κ3) is 2.28. The van der Waals surface area contributed by atoms with Gasteiger partial charge in [-0.15, -0.1) is 0 Å². The summed E-state index contributed by atoms with van der Waals surface area (Å²) in [5.41, 5.74) is 3.18. The maximum atomic E-state index is 3.59. The molecule has 0 saturated heterocycles. The average molecular weight is 339 g/mol. The standard InChI is InChI=1S/C20H19Br/c21-12-11-14-5-8-18-16(13-14)7-10-19-17-4-2-1-3-15(17)6-9-20(18)19/h1-4,6-7,9-10,14H,5,8,11-13H2. The summed E-state index contributed by atoms with van der Waals surface area (Å²) < 4.78 is 0. The molecule has 1 atom stereocenters. The predicted molar refractivity (Wildman–Crippen MR) is 95.4 cm³/mol. The second-order valence-electron chi connectivity index (χ2n) is 6.17. The molecule has 0 aromatic heterocycles. The first-order chi connectivity index (χ1) is 10.4. The molecule has 1 unspecified atom stereocenters. The van der Waals surface area contributed by atoms with Gasteiger partial charge in [-0.3, -0.25) is 0 Å². The lowest BCUT2D eigenvalue weighted by atomic mass is 9.80. The molecule has 3 aromatic rings. The van der Waals surface area contributed by atoms with Gasteiger partial charge in [-0.2, -0.15) is 0 Å². The van der Waals surface area contributed by atoms with Gasteiger partial charge < -0.3 is 0 Å². The fourth-order valence-corrected chi connectivity index (χ4v) is 4.49. The van der Waals surface area contributed by atoms with Crippen LogP contribution in [0.1, 0.15) is 24.0 Å². The zero-order chi connectivity index (χ0) is 14.2. The normalized spacial score (nSPS) is 18.0. The molecule has 3 aromatic carbocycles. The Balaban J connectivity index is 1.89. The highest BCUT2D eigenvalue weighted by molar-refractivity contribution is 9.09. The highest BCUT2D eigenvalue weighted by Crippen LogP contribution is 2.35. The van der Waals surface area contributed by atoms with Crippen LogP contribution in [-0.4, -0.2) is 5.33 Å². The van der Waals surface area contributed by atoms with Crippen LogP contribution in [0.15, 0.2) is 48.5 Å². The molecule has 0 saturated carbocycles. The maximum Gasteiger partial charge on any atom is 0.00340 e. The molecular formula is C20H19Br. The van der Waals surface area contributed by atoms with Crippen LogP contribution in [0.4, 0.5) is 0 Å². The average Bonchev–Trinajstić information content (AvgIpc) is 2.54. The largest absolute Gasteiger partial charge is 0.0928 e. The first-order valence-electron chi connectivity index (χ1n) is 7.85. The molecule has 1 aliphatic carbocycles. The number of alkyl halides is 1. The number of rotatable bonds is 2. The van der Waals surface area contributed by atoms with Crippen molar-refractivity contribution in [1.29, 1.82) is 0 Å². The zero-order valence-electron chi connectivity index (χ0n) is 12.1. The number of fused-ring (bicyclic) bond motifs is 5. The molecule has 21 heavy (non-hydrogen) atoms. The molecule has 4 rings (SSSR count). The van der Waals surface area contributed by atoms with Crippen LogP contribution in [-0.2, 0) is 12.8 Å². The van der Waals surface area contributed by atoms with E-state index in [2.05, 4.69) is 64.5 Å². The lowest BCUT2D eigenvalue weighted by Crippen LogP contribution is -2.15. The highest BCUT2D eigenvalue weighted by atomic mass is 79.9. The molecule has 106 valence electrons. The molecule has 0 bridgehead atoms. The Kier molecular flexibility index (Phi) is 3.46. The van der Waals surface area contributed by atoms with Gasteiger partial charge in [-0.25, -0.2) is 0 Å². The second-order valence-corrected chi connectivity index (χ2v) is 6.96. The van der Waals surface area contributed by atoms with E-state index in [1.807, 2.05) is 0 Å². The Morgan fingerprint density at radius 3 is 2.67 bits per heavy atom. The van der Waals surface area contributed by atoms with Gasteiger partial charge in [-0.1, -0.05) is 64.5 Å². The molecule has 0 N–H and O–H groups in total. The summed E-state index contributed by atoms with van der Waals surface area (Å²) in [6, 6.07) is 18.1. The molecule has 0 heterocycles. The van der Waals surface area contributed by atoms with Crippen LogP contribution in [0.2, 0.25) is 0 Å². The number of benzene rings is 3. The number of aryl methyl sites for hydroxylation is 1. The molecule has 0 aliphatic heterocycles. The molecule has 1 aliphatic rings. The summed E-state index contributed by atoms with van der Waals surface area (Å²) in [4.78, 5) is 0. The van der Waals surface area contributed by atoms with E-state index in [0.29, 0.717) is 0 Å². The van der Waals surface area contributed by atoms with Crippen molar-refractivity contribution in [3.63, 3.8) is 0 Å². The van der Waals surface area contributed by atoms with E-state index >= 15 is 0 Å². The van der Waals surface area contributed by atoms with Gasteiger partial charge in [0.15, 0.2) is 0 Å². The van der Waals surface area contributed by atoms with E-state index in [0.717, 1.165) is 11.2 Å². The Labute approximate surface area is 134 Å². The predicted octanol–water partition coefficient (Wildman–Crippen LogP) is 5.88. The molecule has 0 fully saturated rings. The van der Waals surface area contributed by atoms with Crippen LogP contribution >= 0.6 is 15.9 Å². The quantitative estimate of drug-likeness (QED) is 0.404. The van der Waals surface area contributed by atoms with Gasteiger partial charge in [0.05, 0.1) is 0 Å². The molecule has 0 nitrogen and oxygen atoms in total. The van der Waals surface area contributed by atoms with Crippen LogP contribution in [0.3, 0.4) is 0 Å². The summed E-state index contributed by atoms with van der Waals surface area (Å²) in [6.45, 7) is 0. The SMILES string of the molecule is BrCCC1CCc2c(ccc3c2ccc2ccccc23)C1. The van der Waals surface area contributed by atoms with E-state index in [4.69, 9.17) is 0 Å². The van der Waals surface area contributed by atoms with E-state index in [1.165, 1.54) is 47.2 Å². The van der Waals surface area contributed by atoms with Gasteiger partial charge >= 0.3 is 0 Å². The Bertz CT molecular complexity index is 803. The summed E-state index contributed by atoms with van der Waals surface area (Å²) in [5.74, 6) is 0.856. The first kappa shape index (κ1) is 13.3. The van der Waals surface area contributed by atoms with E-state index in [-0.39, 0.29) is 0 Å². The third-order valence-corrected chi connectivity index (χ3v) is 5.42. The number of hydrogen-bond donors (Lipinski definition) is 0. The van der Waals surface area contributed by atoms with Gasteiger partial charge in [-0.05, 0) is 64.3 Å². The monoisotopic (exact) mass is 338 g/mol. The topological polar surface area (TPSA) is 0 Å². The van der Waals surface area contributed by atoms with Gasteiger partial charge in [0, 0.05) is 5.33 Å². The van der Waals surface area contributed by atoms with Crippen molar-refractivity contribution < 1.29 is 0 Å².